The number of hydrogen-bond acceptors (Lipinski definition) is 6. The zero-order chi connectivity index (χ0) is 25.9. The molecule has 0 fully saturated rings. The van der Waals surface area contributed by atoms with Gasteiger partial charge in [0.15, 0.2) is 0 Å². The molecule has 2 aromatic heterocycles. The average Bonchev–Trinajstić information content (AvgIpc) is 3.51. The summed E-state index contributed by atoms with van der Waals surface area (Å²) < 4.78 is 20.8. The molecule has 2 heterocycles. The van der Waals surface area contributed by atoms with Crippen molar-refractivity contribution in [2.75, 3.05) is 0 Å². The van der Waals surface area contributed by atoms with Crippen LogP contribution >= 0.6 is 0 Å². The van der Waals surface area contributed by atoms with Crippen LogP contribution in [-0.2, 0) is 11.8 Å². The van der Waals surface area contributed by atoms with E-state index in [2.05, 4.69) is 23.1 Å². The van der Waals surface area contributed by atoms with Gasteiger partial charge in [-0.15, -0.1) is 0 Å². The first-order valence-corrected chi connectivity index (χ1v) is 12.4. The van der Waals surface area contributed by atoms with Crippen LogP contribution in [0.2, 0.25) is 0 Å². The van der Waals surface area contributed by atoms with E-state index in [1.807, 2.05) is 35.9 Å². The van der Waals surface area contributed by atoms with Gasteiger partial charge in [0.2, 0.25) is 11.7 Å². The summed E-state index contributed by atoms with van der Waals surface area (Å²) in [6, 6.07) is 16.5. The minimum Gasteiger partial charge on any atom is -0.511 e. The highest BCUT2D eigenvalue weighted by molar-refractivity contribution is 5.67. The highest BCUT2D eigenvalue weighted by atomic mass is 19.1. The van der Waals surface area contributed by atoms with E-state index in [-0.39, 0.29) is 23.4 Å². The molecule has 186 valence electrons. The molecule has 0 radical (unpaired) electrons. The molecule has 4 aromatic rings. The van der Waals surface area contributed by atoms with Crippen LogP contribution < -0.4 is 0 Å². The van der Waals surface area contributed by atoms with Gasteiger partial charge in [-0.25, -0.2) is 9.07 Å². The molecule has 0 bridgehead atoms. The van der Waals surface area contributed by atoms with Gasteiger partial charge in [0, 0.05) is 34.9 Å². The maximum absolute atomic E-state index is 13.7. The number of nitrogens with zero attached hydrogens (tertiary/aromatic N) is 5. The number of fused-ring (bicyclic) bond motifs is 3. The van der Waals surface area contributed by atoms with Gasteiger partial charge in [0.25, 0.3) is 0 Å². The number of aryl methyl sites for hydroxylation is 1. The lowest BCUT2D eigenvalue weighted by molar-refractivity contribution is 0.134. The summed E-state index contributed by atoms with van der Waals surface area (Å²) in [5.74, 6) is 0.943. The maximum Gasteiger partial charge on any atom is 0.223 e. The fourth-order valence-corrected chi connectivity index (χ4v) is 6.30. The van der Waals surface area contributed by atoms with E-state index in [1.54, 1.807) is 19.1 Å². The van der Waals surface area contributed by atoms with Gasteiger partial charge < -0.3 is 9.63 Å². The minimum atomic E-state index is -0.418. The quantitative estimate of drug-likeness (QED) is 0.361. The zero-order valence-corrected chi connectivity index (χ0v) is 20.9. The van der Waals surface area contributed by atoms with Crippen LogP contribution in [0, 0.1) is 35.9 Å². The molecular formula is C29H26FN5O2. The second kappa shape index (κ2) is 8.41. The minimum absolute atomic E-state index is 0.136. The highest BCUT2D eigenvalue weighted by Crippen LogP contribution is 2.55. The lowest BCUT2D eigenvalue weighted by Crippen LogP contribution is -2.45. The Morgan fingerprint density at radius 3 is 2.49 bits per heavy atom. The number of halogens is 1. The molecule has 0 spiro atoms. The molecule has 6 rings (SSSR count). The first-order chi connectivity index (χ1) is 17.8. The molecule has 37 heavy (non-hydrogen) atoms. The van der Waals surface area contributed by atoms with Gasteiger partial charge in [-0.2, -0.15) is 15.3 Å². The third kappa shape index (κ3) is 3.57. The monoisotopic (exact) mass is 495 g/mol. The second-order valence-electron chi connectivity index (χ2n) is 10.3. The van der Waals surface area contributed by atoms with Crippen LogP contribution in [0.5, 0.6) is 0 Å². The van der Waals surface area contributed by atoms with Crippen molar-refractivity contribution in [3.8, 4) is 34.4 Å². The van der Waals surface area contributed by atoms with Crippen LogP contribution in [0.15, 0.2) is 64.4 Å². The second-order valence-corrected chi connectivity index (χ2v) is 10.3. The molecule has 0 saturated carbocycles. The Bertz CT molecular complexity index is 1580. The Balaban J connectivity index is 1.54. The van der Waals surface area contributed by atoms with Crippen LogP contribution in [0.25, 0.3) is 28.3 Å². The smallest absolute Gasteiger partial charge is 0.223 e. The molecule has 2 aromatic carbocycles. The molecule has 3 atom stereocenters. The number of aliphatic hydroxyl groups excluding tert-OH is 1. The molecular weight excluding hydrogens is 469 g/mol. The zero-order valence-electron chi connectivity index (χ0n) is 20.9. The van der Waals surface area contributed by atoms with Crippen molar-refractivity contribution >= 4 is 0 Å². The molecule has 0 aliphatic heterocycles. The first kappa shape index (κ1) is 23.2. The Kier molecular flexibility index (Phi) is 5.27. The van der Waals surface area contributed by atoms with E-state index in [9.17, 15) is 14.8 Å². The number of allylic oxidation sites excluding steroid dienone is 2. The van der Waals surface area contributed by atoms with Crippen molar-refractivity contribution in [1.82, 2.24) is 19.9 Å². The van der Waals surface area contributed by atoms with Crippen molar-refractivity contribution in [3.05, 3.63) is 82.8 Å². The van der Waals surface area contributed by atoms with Gasteiger partial charge in [-0.3, -0.25) is 0 Å². The maximum atomic E-state index is 13.7. The van der Waals surface area contributed by atoms with Gasteiger partial charge in [-0.05, 0) is 73.7 Å². The largest absolute Gasteiger partial charge is 0.511 e. The number of nitriles is 1. The number of aliphatic hydroxyl groups is 1. The van der Waals surface area contributed by atoms with Gasteiger partial charge in [-0.1, -0.05) is 19.0 Å². The van der Waals surface area contributed by atoms with E-state index in [4.69, 9.17) is 9.62 Å². The number of rotatable bonds is 3. The van der Waals surface area contributed by atoms with Crippen LogP contribution in [0.1, 0.15) is 43.8 Å². The normalized spacial score (nSPS) is 22.9. The van der Waals surface area contributed by atoms with Crippen molar-refractivity contribution in [1.29, 1.82) is 5.26 Å². The summed E-state index contributed by atoms with van der Waals surface area (Å²) >= 11 is 0. The van der Waals surface area contributed by atoms with Crippen molar-refractivity contribution < 1.29 is 14.0 Å². The molecule has 2 aliphatic rings. The van der Waals surface area contributed by atoms with Crippen molar-refractivity contribution in [2.45, 2.75) is 45.4 Å². The number of hydrogen-bond donors (Lipinski definition) is 1. The lowest BCUT2D eigenvalue weighted by atomic mass is 9.56. The fourth-order valence-electron chi connectivity index (χ4n) is 6.30. The summed E-state index contributed by atoms with van der Waals surface area (Å²) in [5.41, 5.74) is 5.51. The first-order valence-electron chi connectivity index (χ1n) is 12.4. The van der Waals surface area contributed by atoms with E-state index >= 15 is 0 Å². The van der Waals surface area contributed by atoms with Gasteiger partial charge in [0.05, 0.1) is 28.7 Å². The standard InChI is InChI=1S/C29H26FN5O2/c1-16-24-13-12-23-25(18-4-8-21(30)9-5-18)33-35(27(23)29(24,3)14-20(15-31)26(16)36)22-10-6-19(7-11-22)28-32-17(2)37-34-28/h4-11,16,24,36H,12-14H2,1-3H3/t16-,24-,29-/m1/s1. The predicted molar refractivity (Wildman–Crippen MR) is 135 cm³/mol. The lowest BCUT2D eigenvalue weighted by Gasteiger charge is -2.47. The topological polar surface area (TPSA) is 101 Å². The molecule has 2 aliphatic carbocycles. The number of benzene rings is 2. The van der Waals surface area contributed by atoms with E-state index in [0.29, 0.717) is 23.7 Å². The third-order valence-corrected chi connectivity index (χ3v) is 8.09. The van der Waals surface area contributed by atoms with E-state index in [0.717, 1.165) is 46.6 Å². The highest BCUT2D eigenvalue weighted by Gasteiger charge is 2.51. The predicted octanol–water partition coefficient (Wildman–Crippen LogP) is 6.23. The Morgan fingerprint density at radius 1 is 1.14 bits per heavy atom. The molecule has 0 saturated heterocycles. The van der Waals surface area contributed by atoms with Crippen LogP contribution in [0.3, 0.4) is 0 Å². The summed E-state index contributed by atoms with van der Waals surface area (Å²) in [6.07, 6.45) is 2.08. The Labute approximate surface area is 213 Å². The van der Waals surface area contributed by atoms with Gasteiger partial charge in [0.1, 0.15) is 11.6 Å². The van der Waals surface area contributed by atoms with E-state index in [1.165, 1.54) is 12.1 Å². The molecule has 0 amide bonds. The molecule has 7 nitrogen and oxygen atoms in total. The SMILES string of the molecule is Cc1nc(-c2ccc(-n3nc(-c4ccc(F)cc4)c4c3[C@]3(C)CC(C#N)=C(O)[C@H](C)[C@H]3CC4)cc2)no1. The van der Waals surface area contributed by atoms with Crippen LogP contribution in [0.4, 0.5) is 4.39 Å². The summed E-state index contributed by atoms with van der Waals surface area (Å²) in [6.45, 7) is 5.93. The summed E-state index contributed by atoms with van der Waals surface area (Å²) in [7, 11) is 0. The van der Waals surface area contributed by atoms with Crippen LogP contribution in [-0.4, -0.2) is 25.0 Å². The summed E-state index contributed by atoms with van der Waals surface area (Å²) in [4.78, 5) is 4.31. The van der Waals surface area contributed by atoms with Crippen molar-refractivity contribution in [2.24, 2.45) is 11.8 Å². The molecule has 1 N–H and O–H groups in total. The fraction of sp³-hybridized carbons (Fsp3) is 0.310. The average molecular weight is 496 g/mol. The number of aromatic nitrogens is 4. The van der Waals surface area contributed by atoms with E-state index < -0.39 is 5.41 Å². The Hall–Kier alpha value is -4.25. The molecule has 0 unspecified atom stereocenters. The molecule has 8 heteroatoms. The third-order valence-electron chi connectivity index (χ3n) is 8.09. The summed E-state index contributed by atoms with van der Waals surface area (Å²) in [5, 5.41) is 29.7. The Morgan fingerprint density at radius 2 is 1.84 bits per heavy atom. The van der Waals surface area contributed by atoms with Gasteiger partial charge >= 0.3 is 0 Å². The van der Waals surface area contributed by atoms with Crippen molar-refractivity contribution in [3.63, 3.8) is 0 Å².